The highest BCUT2D eigenvalue weighted by atomic mass is 19.4. The molecule has 1 spiro atoms. The van der Waals surface area contributed by atoms with Gasteiger partial charge in [0.2, 0.25) is 12.7 Å². The molecule has 2 aliphatic heterocycles. The van der Waals surface area contributed by atoms with E-state index in [1.165, 1.54) is 4.90 Å². The van der Waals surface area contributed by atoms with E-state index in [1.807, 2.05) is 18.2 Å². The molecule has 15 heteroatoms. The van der Waals surface area contributed by atoms with E-state index in [-0.39, 0.29) is 38.0 Å². The molecule has 0 radical (unpaired) electrons. The number of halogens is 3. The van der Waals surface area contributed by atoms with Crippen LogP contribution in [-0.4, -0.2) is 66.9 Å². The topological polar surface area (TPSA) is 185 Å². The first-order valence-electron chi connectivity index (χ1n) is 15.7. The molecule has 2 fully saturated rings. The van der Waals surface area contributed by atoms with Gasteiger partial charge < -0.3 is 36.7 Å². The summed E-state index contributed by atoms with van der Waals surface area (Å²) in [6, 6.07) is 11.8. The molecule has 2 aliphatic rings. The summed E-state index contributed by atoms with van der Waals surface area (Å²) < 4.78 is 57.7. The highest BCUT2D eigenvalue weighted by Gasteiger charge is 2.54. The van der Waals surface area contributed by atoms with Crippen LogP contribution in [-0.2, 0) is 35.5 Å². The number of hydrogen-bond donors (Lipinski definition) is 4. The van der Waals surface area contributed by atoms with Crippen LogP contribution in [0.5, 0.6) is 0 Å². The first-order chi connectivity index (χ1) is 22.6. The van der Waals surface area contributed by atoms with E-state index >= 15 is 0 Å². The molecular formula is C33H43F3N6O6. The third-order valence-electron chi connectivity index (χ3n) is 8.88. The summed E-state index contributed by atoms with van der Waals surface area (Å²) in [7, 11) is 0. The fraction of sp³-hybridized carbons (Fsp3) is 0.515. The van der Waals surface area contributed by atoms with Gasteiger partial charge >= 0.3 is 18.2 Å². The monoisotopic (exact) mass is 676 g/mol. The van der Waals surface area contributed by atoms with Crippen LogP contribution in [0.15, 0.2) is 53.5 Å². The van der Waals surface area contributed by atoms with Crippen LogP contribution in [0.2, 0.25) is 0 Å². The number of nitrogens with one attached hydrogen (secondary N) is 1. The zero-order chi connectivity index (χ0) is 35.1. The number of esters is 1. The predicted octanol–water partition coefficient (Wildman–Crippen LogP) is 3.75. The molecule has 0 aliphatic carbocycles. The molecule has 1 unspecified atom stereocenters. The van der Waals surface area contributed by atoms with Gasteiger partial charge in [-0.2, -0.15) is 13.2 Å². The van der Waals surface area contributed by atoms with Gasteiger partial charge in [0.05, 0.1) is 29.4 Å². The van der Waals surface area contributed by atoms with Crippen LogP contribution in [0, 0.1) is 6.92 Å². The number of likely N-dealkylation sites (tertiary alicyclic amines) is 1. The number of nitrogens with zero attached hydrogens (tertiary/aromatic N) is 2. The molecule has 48 heavy (non-hydrogen) atoms. The maximum Gasteiger partial charge on any atom is 0.416 e. The van der Waals surface area contributed by atoms with Crippen LogP contribution in [0.25, 0.3) is 0 Å². The summed E-state index contributed by atoms with van der Waals surface area (Å²) in [5.74, 6) is -0.997. The Bertz CT molecular complexity index is 1490. The molecule has 2 heterocycles. The number of benzene rings is 2. The SMILES string of the molecule is Cc1cc([C@@H](C)OC[C@@]2(c3ccccc3)CC[C@]3(CCC(=O)N3)CN2C(=O)OCOC(=O)C(N)CCCN=C(N)N)cc(C(F)(F)F)c1. The molecule has 2 amide bonds. The Labute approximate surface area is 277 Å². The van der Waals surface area contributed by atoms with E-state index in [2.05, 4.69) is 10.3 Å². The number of rotatable bonds is 12. The molecule has 2 aromatic carbocycles. The summed E-state index contributed by atoms with van der Waals surface area (Å²) >= 11 is 0. The van der Waals surface area contributed by atoms with Crippen molar-refractivity contribution in [1.82, 2.24) is 10.2 Å². The number of guanidine groups is 1. The number of carbonyl (C=O) groups is 3. The normalized spacial score (nSPS) is 22.1. The maximum atomic E-state index is 13.9. The highest BCUT2D eigenvalue weighted by Crippen LogP contribution is 2.45. The van der Waals surface area contributed by atoms with E-state index in [0.717, 1.165) is 12.1 Å². The first kappa shape index (κ1) is 36.5. The minimum atomic E-state index is -4.53. The van der Waals surface area contributed by atoms with Gasteiger partial charge in [0.1, 0.15) is 6.04 Å². The molecule has 2 saturated heterocycles. The second kappa shape index (κ2) is 15.2. The lowest BCUT2D eigenvalue weighted by molar-refractivity contribution is -0.155. The zero-order valence-electron chi connectivity index (χ0n) is 27.1. The number of piperidine rings is 1. The second-order valence-electron chi connectivity index (χ2n) is 12.4. The van der Waals surface area contributed by atoms with E-state index in [1.54, 1.807) is 32.0 Å². The highest BCUT2D eigenvalue weighted by molar-refractivity contribution is 5.80. The molecule has 0 aromatic heterocycles. The van der Waals surface area contributed by atoms with E-state index in [9.17, 15) is 27.6 Å². The third-order valence-corrected chi connectivity index (χ3v) is 8.88. The fourth-order valence-electron chi connectivity index (χ4n) is 6.25. The van der Waals surface area contributed by atoms with Crippen molar-refractivity contribution in [3.63, 3.8) is 0 Å². The van der Waals surface area contributed by atoms with E-state index in [0.29, 0.717) is 48.8 Å². The van der Waals surface area contributed by atoms with Crippen molar-refractivity contribution in [2.45, 2.75) is 81.8 Å². The molecule has 4 atom stereocenters. The van der Waals surface area contributed by atoms with Crippen molar-refractivity contribution < 1.29 is 41.8 Å². The van der Waals surface area contributed by atoms with Gasteiger partial charge in [0, 0.05) is 19.5 Å². The van der Waals surface area contributed by atoms with Crippen molar-refractivity contribution in [3.8, 4) is 0 Å². The van der Waals surface area contributed by atoms with Gasteiger partial charge in [-0.25, -0.2) is 4.79 Å². The van der Waals surface area contributed by atoms with Crippen LogP contribution in [0.4, 0.5) is 18.0 Å². The van der Waals surface area contributed by atoms with Gasteiger partial charge in [-0.1, -0.05) is 42.0 Å². The Morgan fingerprint density at radius 3 is 2.46 bits per heavy atom. The lowest BCUT2D eigenvalue weighted by Crippen LogP contribution is -2.65. The first-order valence-corrected chi connectivity index (χ1v) is 15.7. The number of aliphatic imine (C=N–C) groups is 1. The summed E-state index contributed by atoms with van der Waals surface area (Å²) in [5.41, 5.74) is 15.3. The van der Waals surface area contributed by atoms with Gasteiger partial charge in [-0.3, -0.25) is 19.5 Å². The molecule has 0 bridgehead atoms. The maximum absolute atomic E-state index is 13.9. The molecule has 12 nitrogen and oxygen atoms in total. The van der Waals surface area contributed by atoms with Gasteiger partial charge in [0.25, 0.3) is 0 Å². The smallest absolute Gasteiger partial charge is 0.416 e. The minimum absolute atomic E-state index is 0.0606. The molecular weight excluding hydrogens is 633 g/mol. The molecule has 2 aromatic rings. The van der Waals surface area contributed by atoms with Crippen LogP contribution >= 0.6 is 0 Å². The van der Waals surface area contributed by atoms with Gasteiger partial charge in [0.15, 0.2) is 5.96 Å². The summed E-state index contributed by atoms with van der Waals surface area (Å²) in [6.45, 7) is 2.75. The number of ether oxygens (including phenoxy) is 3. The predicted molar refractivity (Wildman–Crippen MR) is 170 cm³/mol. The van der Waals surface area contributed by atoms with E-state index < -0.39 is 53.8 Å². The minimum Gasteiger partial charge on any atom is -0.427 e. The standard InChI is InChI=1S/C33H43F3N6O6/c1-21-15-23(17-25(16-21)33(34,35)36)22(2)46-19-32(24-7-4-3-5-8-24)13-12-31(11-10-27(43)41-31)18-42(32)30(45)48-20-47-28(44)26(37)9-6-14-40-29(38)39/h3-5,7-8,15-17,22,26H,6,9-14,18-20,37H2,1-2H3,(H,41,43)(H4,38,39,40)/t22-,26?,31-,32-/m1/s1. The second-order valence-corrected chi connectivity index (χ2v) is 12.4. The largest absolute Gasteiger partial charge is 0.427 e. The van der Waals surface area contributed by atoms with E-state index in [4.69, 9.17) is 31.4 Å². The van der Waals surface area contributed by atoms with Gasteiger partial charge in [-0.15, -0.1) is 0 Å². The van der Waals surface area contributed by atoms with Crippen molar-refractivity contribution in [1.29, 1.82) is 0 Å². The Kier molecular flexibility index (Phi) is 11.6. The third kappa shape index (κ3) is 8.95. The fourth-order valence-corrected chi connectivity index (χ4v) is 6.25. The number of carbonyl (C=O) groups excluding carboxylic acids is 3. The van der Waals surface area contributed by atoms with Gasteiger partial charge in [-0.05, 0) is 69.2 Å². The zero-order valence-corrected chi connectivity index (χ0v) is 27.1. The van der Waals surface area contributed by atoms with Crippen LogP contribution in [0.1, 0.15) is 73.8 Å². The van der Waals surface area contributed by atoms with Crippen LogP contribution < -0.4 is 22.5 Å². The number of hydrogen-bond acceptors (Lipinski definition) is 8. The average molecular weight is 677 g/mol. The summed E-state index contributed by atoms with van der Waals surface area (Å²) in [6.07, 6.45) is -3.86. The van der Waals surface area contributed by atoms with Crippen molar-refractivity contribution in [2.75, 3.05) is 26.5 Å². The van der Waals surface area contributed by atoms with Crippen molar-refractivity contribution >= 4 is 23.9 Å². The molecule has 4 rings (SSSR count). The quantitative estimate of drug-likeness (QED) is 0.0855. The number of aryl methyl sites for hydroxylation is 1. The number of alkyl halides is 3. The lowest BCUT2D eigenvalue weighted by atomic mass is 9.74. The number of nitrogens with two attached hydrogens (primary N) is 3. The van der Waals surface area contributed by atoms with Crippen molar-refractivity contribution in [3.05, 3.63) is 70.8 Å². The summed E-state index contributed by atoms with van der Waals surface area (Å²) in [5, 5.41) is 3.02. The summed E-state index contributed by atoms with van der Waals surface area (Å²) in [4.78, 5) is 44.0. The van der Waals surface area contributed by atoms with Crippen molar-refractivity contribution in [2.24, 2.45) is 22.2 Å². The Balaban J connectivity index is 1.56. The Morgan fingerprint density at radius 2 is 1.81 bits per heavy atom. The lowest BCUT2D eigenvalue weighted by Gasteiger charge is -2.52. The Hall–Kier alpha value is -4.37. The Morgan fingerprint density at radius 1 is 1.08 bits per heavy atom. The molecule has 0 saturated carbocycles. The molecule has 7 N–H and O–H groups in total. The molecule has 262 valence electrons. The average Bonchev–Trinajstić information content (AvgIpc) is 3.41. The van der Waals surface area contributed by atoms with Crippen LogP contribution in [0.3, 0.4) is 0 Å². The number of amides is 2.